The summed E-state index contributed by atoms with van der Waals surface area (Å²) >= 11 is 0. The third-order valence-electron chi connectivity index (χ3n) is 2.73. The van der Waals surface area contributed by atoms with Crippen LogP contribution in [0.15, 0.2) is 18.2 Å². The lowest BCUT2D eigenvalue weighted by atomic mass is 10.2. The van der Waals surface area contributed by atoms with Crippen molar-refractivity contribution in [2.45, 2.75) is 26.4 Å². The van der Waals surface area contributed by atoms with E-state index in [2.05, 4.69) is 15.4 Å². The molecule has 0 aliphatic carbocycles. The minimum atomic E-state index is -0.339. The molecule has 1 aromatic carbocycles. The van der Waals surface area contributed by atoms with Gasteiger partial charge in [0.1, 0.15) is 11.8 Å². The molecule has 2 rings (SSSR count). The van der Waals surface area contributed by atoms with Gasteiger partial charge in [0.25, 0.3) is 11.5 Å². The maximum absolute atomic E-state index is 11.8. The quantitative estimate of drug-likeness (QED) is 0.364. The average molecular weight is 304 g/mol. The van der Waals surface area contributed by atoms with E-state index < -0.39 is 0 Å². The van der Waals surface area contributed by atoms with Crippen molar-refractivity contribution < 1.29 is 19.2 Å². The number of benzene rings is 1. The highest BCUT2D eigenvalue weighted by Gasteiger charge is 2.12. The lowest BCUT2D eigenvalue weighted by molar-refractivity contribution is -0.641. The molecule has 1 aromatic heterocycles. The van der Waals surface area contributed by atoms with Crippen LogP contribution >= 0.6 is 0 Å². The minimum Gasteiger partial charge on any atom is -0.594 e. The number of esters is 1. The minimum absolute atomic E-state index is 0.110. The zero-order valence-electron chi connectivity index (χ0n) is 12.3. The van der Waals surface area contributed by atoms with Gasteiger partial charge in [0.2, 0.25) is 0 Å². The normalized spacial score (nSPS) is 10.7. The van der Waals surface area contributed by atoms with E-state index in [0.29, 0.717) is 22.2 Å². The first-order chi connectivity index (χ1) is 10.5. The summed E-state index contributed by atoms with van der Waals surface area (Å²) in [6, 6.07) is 4.54. The van der Waals surface area contributed by atoms with Crippen LogP contribution in [0.4, 0.5) is 5.95 Å². The fourth-order valence-corrected chi connectivity index (χ4v) is 1.81. The number of anilines is 1. The summed E-state index contributed by atoms with van der Waals surface area (Å²) in [7, 11) is 0. The molecule has 8 heteroatoms. The number of nitrogens with zero attached hydrogens (tertiary/aromatic N) is 3. The van der Waals surface area contributed by atoms with Gasteiger partial charge in [-0.3, -0.25) is 9.59 Å². The van der Waals surface area contributed by atoms with Crippen LogP contribution in [0.25, 0.3) is 11.0 Å². The average Bonchev–Trinajstić information content (AvgIpc) is 2.46. The van der Waals surface area contributed by atoms with Crippen LogP contribution in [0, 0.1) is 5.21 Å². The molecule has 0 saturated carbocycles. The van der Waals surface area contributed by atoms with Crippen LogP contribution in [0.3, 0.4) is 0 Å². The standard InChI is InChI=1S/C14H16N4O4/c1-9(2)22-13(20)5-6-15-14-16-11-4-3-10(8-19)7-12(11)18(21)17-14/h3-4,7-9H,5-6H2,1-2H3,(H,15,16,17). The van der Waals surface area contributed by atoms with Gasteiger partial charge < -0.3 is 15.3 Å². The molecular weight excluding hydrogens is 288 g/mol. The first-order valence-electron chi connectivity index (χ1n) is 6.80. The molecule has 0 spiro atoms. The number of aldehydes is 1. The Hall–Kier alpha value is -2.77. The van der Waals surface area contributed by atoms with Crippen molar-refractivity contribution in [1.29, 1.82) is 0 Å². The summed E-state index contributed by atoms with van der Waals surface area (Å²) in [4.78, 5) is 26.6. The second kappa shape index (κ2) is 6.79. The number of aromatic nitrogens is 3. The van der Waals surface area contributed by atoms with E-state index >= 15 is 0 Å². The maximum atomic E-state index is 11.8. The molecule has 2 aromatic rings. The molecule has 0 aliphatic heterocycles. The number of hydrogen-bond acceptors (Lipinski definition) is 7. The Labute approximate surface area is 126 Å². The molecule has 0 fully saturated rings. The fourth-order valence-electron chi connectivity index (χ4n) is 1.81. The molecule has 0 amide bonds. The molecule has 116 valence electrons. The van der Waals surface area contributed by atoms with E-state index in [4.69, 9.17) is 4.74 Å². The molecule has 0 unspecified atom stereocenters. The van der Waals surface area contributed by atoms with Gasteiger partial charge in [-0.1, -0.05) is 0 Å². The SMILES string of the molecule is CC(C)OC(=O)CCNc1nc2ccc(C=O)cc2[n+]([O-])n1. The van der Waals surface area contributed by atoms with Crippen LogP contribution in [-0.2, 0) is 9.53 Å². The Balaban J connectivity index is 2.06. The van der Waals surface area contributed by atoms with Crippen LogP contribution in [-0.4, -0.2) is 35.0 Å². The third kappa shape index (κ3) is 3.87. The van der Waals surface area contributed by atoms with Crippen LogP contribution in [0.5, 0.6) is 0 Å². The Morgan fingerprint density at radius 3 is 2.95 bits per heavy atom. The van der Waals surface area contributed by atoms with E-state index in [1.54, 1.807) is 26.0 Å². The van der Waals surface area contributed by atoms with E-state index in [1.807, 2.05) is 0 Å². The Morgan fingerprint density at radius 1 is 1.50 bits per heavy atom. The van der Waals surface area contributed by atoms with Gasteiger partial charge in [-0.2, -0.15) is 0 Å². The highest BCUT2D eigenvalue weighted by atomic mass is 16.5. The molecule has 0 radical (unpaired) electrons. The van der Waals surface area contributed by atoms with E-state index in [0.717, 1.165) is 0 Å². The maximum Gasteiger partial charge on any atom is 0.307 e. The molecule has 8 nitrogen and oxygen atoms in total. The van der Waals surface area contributed by atoms with Crippen molar-refractivity contribution >= 4 is 29.2 Å². The van der Waals surface area contributed by atoms with Crippen LogP contribution in [0.1, 0.15) is 30.6 Å². The first kappa shape index (κ1) is 15.6. The smallest absolute Gasteiger partial charge is 0.307 e. The summed E-state index contributed by atoms with van der Waals surface area (Å²) in [5, 5.41) is 18.3. The van der Waals surface area contributed by atoms with Gasteiger partial charge in [0.15, 0.2) is 0 Å². The second-order valence-corrected chi connectivity index (χ2v) is 4.89. The molecule has 0 bridgehead atoms. The van der Waals surface area contributed by atoms with Gasteiger partial charge in [0.05, 0.1) is 17.6 Å². The number of nitrogens with one attached hydrogen (secondary N) is 1. The summed E-state index contributed by atoms with van der Waals surface area (Å²) in [6.45, 7) is 3.79. The molecule has 0 aliphatic rings. The molecule has 22 heavy (non-hydrogen) atoms. The molecule has 0 atom stereocenters. The lowest BCUT2D eigenvalue weighted by Crippen LogP contribution is -2.34. The number of rotatable bonds is 6. The Kier molecular flexibility index (Phi) is 4.82. The van der Waals surface area contributed by atoms with Crippen molar-refractivity contribution in [3.8, 4) is 0 Å². The number of fused-ring (bicyclic) bond motifs is 1. The number of carbonyl (C=O) groups is 2. The van der Waals surface area contributed by atoms with Crippen LogP contribution < -0.4 is 10.2 Å². The van der Waals surface area contributed by atoms with Crippen molar-refractivity contribution in [2.24, 2.45) is 0 Å². The second-order valence-electron chi connectivity index (χ2n) is 4.89. The molecular formula is C14H16N4O4. The van der Waals surface area contributed by atoms with Gasteiger partial charge in [-0.25, -0.2) is 4.98 Å². The number of carbonyl (C=O) groups excluding carboxylic acids is 2. The van der Waals surface area contributed by atoms with Gasteiger partial charge in [-0.15, -0.1) is 0 Å². The molecule has 0 saturated heterocycles. The molecule has 1 N–H and O–H groups in total. The van der Waals surface area contributed by atoms with Gasteiger partial charge in [0, 0.05) is 18.2 Å². The zero-order valence-corrected chi connectivity index (χ0v) is 12.3. The summed E-state index contributed by atoms with van der Waals surface area (Å²) in [6.07, 6.45) is 0.620. The van der Waals surface area contributed by atoms with E-state index in [-0.39, 0.29) is 36.5 Å². The van der Waals surface area contributed by atoms with Crippen molar-refractivity contribution in [1.82, 2.24) is 10.1 Å². The molecule has 1 heterocycles. The van der Waals surface area contributed by atoms with Gasteiger partial charge >= 0.3 is 5.97 Å². The predicted octanol–water partition coefficient (Wildman–Crippen LogP) is 0.829. The van der Waals surface area contributed by atoms with E-state index in [1.165, 1.54) is 6.07 Å². The first-order valence-corrected chi connectivity index (χ1v) is 6.80. The predicted molar refractivity (Wildman–Crippen MR) is 78.2 cm³/mol. The number of ether oxygens (including phenoxy) is 1. The summed E-state index contributed by atoms with van der Waals surface area (Å²) < 4.78 is 4.99. The Morgan fingerprint density at radius 2 is 2.27 bits per heavy atom. The largest absolute Gasteiger partial charge is 0.594 e. The van der Waals surface area contributed by atoms with Gasteiger partial charge in [-0.05, 0) is 30.8 Å². The van der Waals surface area contributed by atoms with Crippen molar-refractivity contribution in [2.75, 3.05) is 11.9 Å². The Bertz CT molecular complexity index is 703. The monoisotopic (exact) mass is 304 g/mol. The third-order valence-corrected chi connectivity index (χ3v) is 2.73. The topological polar surface area (TPSA) is 108 Å². The zero-order chi connectivity index (χ0) is 16.1. The fraction of sp³-hybridized carbons (Fsp3) is 0.357. The van der Waals surface area contributed by atoms with Crippen LogP contribution in [0.2, 0.25) is 0 Å². The van der Waals surface area contributed by atoms with Crippen molar-refractivity contribution in [3.63, 3.8) is 0 Å². The highest BCUT2D eigenvalue weighted by molar-refractivity contribution is 5.83. The lowest BCUT2D eigenvalue weighted by Gasteiger charge is -2.08. The summed E-state index contributed by atoms with van der Waals surface area (Å²) in [5.74, 6) is -0.229. The number of hydrogen-bond donors (Lipinski definition) is 1. The highest BCUT2D eigenvalue weighted by Crippen LogP contribution is 2.10. The van der Waals surface area contributed by atoms with E-state index in [9.17, 15) is 14.8 Å². The van der Waals surface area contributed by atoms with Crippen molar-refractivity contribution in [3.05, 3.63) is 29.0 Å². The summed E-state index contributed by atoms with van der Waals surface area (Å²) in [5.41, 5.74) is 0.982.